The highest BCUT2D eigenvalue weighted by atomic mass is 35.5. The van der Waals surface area contributed by atoms with Gasteiger partial charge in [0.05, 0.1) is 6.10 Å². The zero-order valence-corrected chi connectivity index (χ0v) is 14.8. The Hall–Kier alpha value is -1.81. The molecule has 10 heteroatoms. The van der Waals surface area contributed by atoms with Gasteiger partial charge in [-0.1, -0.05) is 12.1 Å². The van der Waals surface area contributed by atoms with Gasteiger partial charge in [0.1, 0.15) is 19.0 Å². The summed E-state index contributed by atoms with van der Waals surface area (Å²) >= 11 is 0. The highest BCUT2D eigenvalue weighted by molar-refractivity contribution is 6.62. The Balaban J connectivity index is 0.00000312. The van der Waals surface area contributed by atoms with Gasteiger partial charge in [0.2, 0.25) is 0 Å². The predicted molar refractivity (Wildman–Crippen MR) is 91.9 cm³/mol. The maximum absolute atomic E-state index is 11.1. The molecule has 2 atom stereocenters. The molecule has 8 nitrogen and oxygen atoms in total. The number of halogens is 1. The summed E-state index contributed by atoms with van der Waals surface area (Å²) < 4.78 is 20.9. The fourth-order valence-electron chi connectivity index (χ4n) is 2.46. The normalized spacial score (nSPS) is 16.5. The first-order chi connectivity index (χ1) is 11.4. The van der Waals surface area contributed by atoms with Crippen LogP contribution in [0.5, 0.6) is 5.75 Å². The van der Waals surface area contributed by atoms with Crippen LogP contribution in [0.25, 0.3) is 0 Å². The fourth-order valence-corrected chi connectivity index (χ4v) is 2.46. The van der Waals surface area contributed by atoms with Gasteiger partial charge in [-0.2, -0.15) is 0 Å². The Morgan fingerprint density at radius 3 is 2.64 bits per heavy atom. The van der Waals surface area contributed by atoms with Crippen molar-refractivity contribution in [2.24, 2.45) is 5.73 Å². The summed E-state index contributed by atoms with van der Waals surface area (Å²) in [4.78, 5) is 22.0. The fraction of sp³-hybridized carbons (Fsp3) is 0.467. The minimum atomic E-state index is -1.13. The molecular formula is C15H21BClNO7. The van der Waals surface area contributed by atoms with Crippen molar-refractivity contribution in [1.82, 2.24) is 0 Å². The van der Waals surface area contributed by atoms with Crippen LogP contribution >= 0.6 is 12.4 Å². The second kappa shape index (κ2) is 9.62. The second-order valence-electron chi connectivity index (χ2n) is 5.32. The molecule has 1 aromatic carbocycles. The van der Waals surface area contributed by atoms with Gasteiger partial charge < -0.3 is 29.6 Å². The van der Waals surface area contributed by atoms with Gasteiger partial charge in [-0.3, -0.25) is 9.59 Å². The van der Waals surface area contributed by atoms with Gasteiger partial charge in [0.25, 0.3) is 0 Å². The van der Waals surface area contributed by atoms with Crippen LogP contribution in [0.4, 0.5) is 0 Å². The van der Waals surface area contributed by atoms with Crippen molar-refractivity contribution in [2.45, 2.75) is 26.1 Å². The first-order valence-corrected chi connectivity index (χ1v) is 7.52. The number of carbonyl (C=O) groups is 2. The highest BCUT2D eigenvalue weighted by Crippen LogP contribution is 2.26. The smallest absolute Gasteiger partial charge is 0.490 e. The van der Waals surface area contributed by atoms with Crippen molar-refractivity contribution in [1.29, 1.82) is 0 Å². The molecule has 0 saturated heterocycles. The number of carbonyl (C=O) groups excluding carboxylic acids is 2. The zero-order chi connectivity index (χ0) is 17.7. The van der Waals surface area contributed by atoms with Crippen LogP contribution < -0.4 is 15.9 Å². The minimum absolute atomic E-state index is 0. The van der Waals surface area contributed by atoms with E-state index in [1.54, 1.807) is 18.2 Å². The molecular weight excluding hydrogens is 352 g/mol. The molecule has 0 unspecified atom stereocenters. The van der Waals surface area contributed by atoms with Crippen molar-refractivity contribution in [3.05, 3.63) is 23.8 Å². The summed E-state index contributed by atoms with van der Waals surface area (Å²) in [6.45, 7) is 2.59. The Morgan fingerprint density at radius 1 is 1.32 bits per heavy atom. The third-order valence-electron chi connectivity index (χ3n) is 3.43. The average Bonchev–Trinajstić information content (AvgIpc) is 2.86. The van der Waals surface area contributed by atoms with Crippen LogP contribution in [0.3, 0.4) is 0 Å². The molecule has 0 spiro atoms. The van der Waals surface area contributed by atoms with Gasteiger partial charge in [-0.15, -0.1) is 12.4 Å². The molecule has 0 radical (unpaired) electrons. The van der Waals surface area contributed by atoms with Crippen molar-refractivity contribution in [3.8, 4) is 5.75 Å². The molecule has 0 aromatic heterocycles. The zero-order valence-electron chi connectivity index (χ0n) is 14.0. The van der Waals surface area contributed by atoms with Gasteiger partial charge in [-0.05, 0) is 11.6 Å². The summed E-state index contributed by atoms with van der Waals surface area (Å²) in [6, 6.07) is 5.23. The molecule has 2 rings (SSSR count). The molecule has 1 aliphatic rings. The summed E-state index contributed by atoms with van der Waals surface area (Å²) in [7, 11) is -1.13. The van der Waals surface area contributed by atoms with Crippen molar-refractivity contribution in [3.63, 3.8) is 0 Å². The van der Waals surface area contributed by atoms with Crippen molar-refractivity contribution < 1.29 is 33.5 Å². The van der Waals surface area contributed by atoms with E-state index in [0.717, 1.165) is 5.56 Å². The number of nitrogens with two attached hydrogens (primary N) is 1. The van der Waals surface area contributed by atoms with E-state index >= 15 is 0 Å². The van der Waals surface area contributed by atoms with E-state index in [1.165, 1.54) is 13.8 Å². The van der Waals surface area contributed by atoms with E-state index in [0.29, 0.717) is 11.2 Å². The van der Waals surface area contributed by atoms with E-state index < -0.39 is 31.3 Å². The molecule has 0 fully saturated rings. The monoisotopic (exact) mass is 373 g/mol. The topological polar surface area (TPSA) is 117 Å². The molecule has 1 heterocycles. The molecule has 0 bridgehead atoms. The van der Waals surface area contributed by atoms with Crippen LogP contribution in [0.1, 0.15) is 25.5 Å². The van der Waals surface area contributed by atoms with E-state index in [2.05, 4.69) is 0 Å². The van der Waals surface area contributed by atoms with E-state index in [4.69, 9.17) is 24.6 Å². The van der Waals surface area contributed by atoms with Crippen LogP contribution in [-0.4, -0.2) is 49.9 Å². The molecule has 0 saturated carbocycles. The molecule has 1 aliphatic heterocycles. The number of benzene rings is 1. The lowest BCUT2D eigenvalue weighted by molar-refractivity contribution is -0.158. The number of hydrogen-bond donors (Lipinski definition) is 2. The third-order valence-corrected chi connectivity index (χ3v) is 3.43. The maximum Gasteiger partial charge on any atom is 0.495 e. The highest BCUT2D eigenvalue weighted by Gasteiger charge is 2.37. The largest absolute Gasteiger partial charge is 0.495 e. The summed E-state index contributed by atoms with van der Waals surface area (Å²) in [5, 5.41) is 10.0. The van der Waals surface area contributed by atoms with E-state index in [9.17, 15) is 14.6 Å². The predicted octanol–water partition coefficient (Wildman–Crippen LogP) is -0.301. The minimum Gasteiger partial charge on any atom is -0.490 e. The summed E-state index contributed by atoms with van der Waals surface area (Å²) in [5.41, 5.74) is 6.88. The standard InChI is InChI=1S/C15H20BNO7.ClH/c1-9(18)21-7-11(23-10(2)19)8-22-13-5-3-4-12-14(6-17)24-16(20)15(12)13;/h3-5,11,14,20H,6-8,17H2,1-2H3;1H/t11-,14-;/m1./s1. The molecule has 0 amide bonds. The van der Waals surface area contributed by atoms with Crippen LogP contribution in [0.2, 0.25) is 0 Å². The lowest BCUT2D eigenvalue weighted by Crippen LogP contribution is -2.33. The number of ether oxygens (including phenoxy) is 3. The first-order valence-electron chi connectivity index (χ1n) is 7.52. The van der Waals surface area contributed by atoms with Crippen molar-refractivity contribution in [2.75, 3.05) is 19.8 Å². The maximum atomic E-state index is 11.1. The lowest BCUT2D eigenvalue weighted by Gasteiger charge is -2.18. The van der Waals surface area contributed by atoms with E-state index in [1.807, 2.05) is 0 Å². The van der Waals surface area contributed by atoms with Crippen LogP contribution in [-0.2, 0) is 23.7 Å². The number of rotatable bonds is 7. The number of fused-ring (bicyclic) bond motifs is 1. The second-order valence-corrected chi connectivity index (χ2v) is 5.32. The van der Waals surface area contributed by atoms with E-state index in [-0.39, 0.29) is 32.2 Å². The summed E-state index contributed by atoms with van der Waals surface area (Å²) in [5.74, 6) is -0.598. The molecule has 3 N–H and O–H groups in total. The summed E-state index contributed by atoms with van der Waals surface area (Å²) in [6.07, 6.45) is -1.16. The van der Waals surface area contributed by atoms with Crippen molar-refractivity contribution >= 4 is 36.9 Å². The Bertz CT molecular complexity index is 616. The first kappa shape index (κ1) is 21.2. The third kappa shape index (κ3) is 5.60. The Kier molecular flexibility index (Phi) is 8.17. The van der Waals surface area contributed by atoms with Crippen LogP contribution in [0, 0.1) is 0 Å². The average molecular weight is 374 g/mol. The molecule has 0 aliphatic carbocycles. The van der Waals surface area contributed by atoms with Gasteiger partial charge >= 0.3 is 19.1 Å². The van der Waals surface area contributed by atoms with Gasteiger partial charge in [0.15, 0.2) is 6.10 Å². The van der Waals surface area contributed by atoms with Gasteiger partial charge in [-0.25, -0.2) is 0 Å². The molecule has 25 heavy (non-hydrogen) atoms. The Labute approximate surface area is 152 Å². The quantitative estimate of drug-likeness (QED) is 0.494. The number of esters is 2. The SMILES string of the molecule is CC(=O)OC[C@H](COc1cccc2c1B(O)O[C@@H]2CN)OC(C)=O.Cl. The lowest BCUT2D eigenvalue weighted by atomic mass is 9.78. The van der Waals surface area contributed by atoms with Gasteiger partial charge in [0, 0.05) is 25.9 Å². The number of hydrogen-bond acceptors (Lipinski definition) is 8. The van der Waals surface area contributed by atoms with Crippen LogP contribution in [0.15, 0.2) is 18.2 Å². The molecule has 138 valence electrons. The molecule has 1 aromatic rings. The Morgan fingerprint density at radius 2 is 2.04 bits per heavy atom.